The van der Waals surface area contributed by atoms with Gasteiger partial charge in [0, 0.05) is 31.6 Å². The van der Waals surface area contributed by atoms with Gasteiger partial charge in [-0.1, -0.05) is 17.4 Å². The third-order valence-corrected chi connectivity index (χ3v) is 6.06. The molecule has 34 heavy (non-hydrogen) atoms. The molecule has 1 amide bonds. The van der Waals surface area contributed by atoms with E-state index in [1.807, 2.05) is 16.8 Å². The molecule has 178 valence electrons. The Morgan fingerprint density at radius 3 is 2.74 bits per heavy atom. The number of amides is 1. The SMILES string of the molecule is COc1ccc(/C=C/C(=O)N(CCCn2ccnc2)c2nc3ccc(F)cc3s2)cc1OC.Cl. The summed E-state index contributed by atoms with van der Waals surface area (Å²) in [5.41, 5.74) is 1.46. The molecule has 10 heteroatoms. The number of imidazole rings is 1. The van der Waals surface area contributed by atoms with E-state index in [-0.39, 0.29) is 24.1 Å². The van der Waals surface area contributed by atoms with Crippen molar-refractivity contribution < 1.29 is 18.7 Å². The number of anilines is 1. The maximum Gasteiger partial charge on any atom is 0.252 e. The number of methoxy groups -OCH3 is 2. The van der Waals surface area contributed by atoms with E-state index in [1.54, 1.807) is 55.9 Å². The maximum atomic E-state index is 13.6. The van der Waals surface area contributed by atoms with Crippen LogP contribution in [0.2, 0.25) is 0 Å². The lowest BCUT2D eigenvalue weighted by Crippen LogP contribution is -2.30. The number of nitrogens with zero attached hydrogens (tertiary/aromatic N) is 4. The third-order valence-electron chi connectivity index (χ3n) is 5.02. The first-order chi connectivity index (χ1) is 16.1. The van der Waals surface area contributed by atoms with Crippen LogP contribution in [0.4, 0.5) is 9.52 Å². The van der Waals surface area contributed by atoms with E-state index in [0.717, 1.165) is 5.56 Å². The number of hydrogen-bond donors (Lipinski definition) is 0. The Kier molecular flexibility index (Phi) is 8.61. The predicted octanol–water partition coefficient (Wildman–Crippen LogP) is 5.21. The molecule has 0 fully saturated rings. The number of rotatable bonds is 9. The molecule has 0 saturated heterocycles. The van der Waals surface area contributed by atoms with Crippen molar-refractivity contribution in [3.63, 3.8) is 0 Å². The average molecular weight is 503 g/mol. The van der Waals surface area contributed by atoms with Crippen LogP contribution < -0.4 is 14.4 Å². The van der Waals surface area contributed by atoms with E-state index < -0.39 is 0 Å². The molecule has 0 saturated carbocycles. The second-order valence-electron chi connectivity index (χ2n) is 7.20. The first-order valence-electron chi connectivity index (χ1n) is 10.3. The summed E-state index contributed by atoms with van der Waals surface area (Å²) in [6, 6.07) is 9.85. The van der Waals surface area contributed by atoms with E-state index in [2.05, 4.69) is 9.97 Å². The first kappa shape index (κ1) is 25.2. The largest absolute Gasteiger partial charge is 0.493 e. The van der Waals surface area contributed by atoms with Gasteiger partial charge in [-0.05, 0) is 48.4 Å². The van der Waals surface area contributed by atoms with Gasteiger partial charge >= 0.3 is 0 Å². The fourth-order valence-corrected chi connectivity index (χ4v) is 4.37. The summed E-state index contributed by atoms with van der Waals surface area (Å²) < 4.78 is 26.9. The van der Waals surface area contributed by atoms with Crippen molar-refractivity contribution in [1.29, 1.82) is 0 Å². The Hall–Kier alpha value is -3.43. The lowest BCUT2D eigenvalue weighted by molar-refractivity contribution is -0.114. The molecule has 0 aliphatic heterocycles. The number of benzene rings is 2. The van der Waals surface area contributed by atoms with Crippen molar-refractivity contribution >= 4 is 51.1 Å². The van der Waals surface area contributed by atoms with Crippen molar-refractivity contribution in [2.45, 2.75) is 13.0 Å². The third kappa shape index (κ3) is 5.92. The molecule has 0 bridgehead atoms. The maximum absolute atomic E-state index is 13.6. The van der Waals surface area contributed by atoms with Gasteiger partial charge < -0.3 is 14.0 Å². The first-order valence-corrected chi connectivity index (χ1v) is 11.1. The Balaban J connectivity index is 0.00000324. The molecule has 2 heterocycles. The van der Waals surface area contributed by atoms with Crippen LogP contribution >= 0.6 is 23.7 Å². The van der Waals surface area contributed by atoms with Crippen molar-refractivity contribution in [2.75, 3.05) is 25.7 Å². The highest BCUT2D eigenvalue weighted by Crippen LogP contribution is 2.30. The van der Waals surface area contributed by atoms with Crippen molar-refractivity contribution in [3.05, 3.63) is 72.6 Å². The van der Waals surface area contributed by atoms with Crippen LogP contribution in [0.25, 0.3) is 16.3 Å². The minimum atomic E-state index is -0.330. The average Bonchev–Trinajstić information content (AvgIpc) is 3.49. The Morgan fingerprint density at radius 1 is 1.18 bits per heavy atom. The molecule has 2 aromatic carbocycles. The number of fused-ring (bicyclic) bond motifs is 1. The van der Waals surface area contributed by atoms with Crippen LogP contribution in [-0.4, -0.2) is 41.2 Å². The molecule has 4 aromatic rings. The number of hydrogen-bond acceptors (Lipinski definition) is 6. The Bertz CT molecular complexity index is 1280. The summed E-state index contributed by atoms with van der Waals surface area (Å²) in [7, 11) is 3.14. The quantitative estimate of drug-likeness (QED) is 0.294. The summed E-state index contributed by atoms with van der Waals surface area (Å²) in [6.07, 6.45) is 9.27. The summed E-state index contributed by atoms with van der Waals surface area (Å²) in [5.74, 6) is 0.653. The number of thiazole rings is 1. The molecule has 0 unspecified atom stereocenters. The Morgan fingerprint density at radius 2 is 2.00 bits per heavy atom. The van der Waals surface area contributed by atoms with Crippen LogP contribution in [0.15, 0.2) is 61.2 Å². The highest BCUT2D eigenvalue weighted by molar-refractivity contribution is 7.22. The fourth-order valence-electron chi connectivity index (χ4n) is 3.35. The minimum Gasteiger partial charge on any atom is -0.493 e. The number of carbonyl (C=O) groups excluding carboxylic acids is 1. The minimum absolute atomic E-state index is 0. The van der Waals surface area contributed by atoms with Crippen molar-refractivity contribution in [1.82, 2.24) is 14.5 Å². The van der Waals surface area contributed by atoms with E-state index >= 15 is 0 Å². The van der Waals surface area contributed by atoms with Gasteiger partial charge in [0.05, 0.1) is 30.8 Å². The summed E-state index contributed by atoms with van der Waals surface area (Å²) >= 11 is 1.29. The van der Waals surface area contributed by atoms with Crippen LogP contribution in [0, 0.1) is 5.82 Å². The molecule has 0 radical (unpaired) electrons. The van der Waals surface area contributed by atoms with Gasteiger partial charge in [0.2, 0.25) is 0 Å². The van der Waals surface area contributed by atoms with Crippen molar-refractivity contribution in [3.8, 4) is 11.5 Å². The zero-order valence-electron chi connectivity index (χ0n) is 18.7. The van der Waals surface area contributed by atoms with Gasteiger partial charge in [-0.2, -0.15) is 0 Å². The van der Waals surface area contributed by atoms with Gasteiger partial charge in [0.15, 0.2) is 16.6 Å². The van der Waals surface area contributed by atoms with Gasteiger partial charge in [0.1, 0.15) is 5.82 Å². The second-order valence-corrected chi connectivity index (χ2v) is 8.21. The number of carbonyl (C=O) groups is 1. The molecular formula is C24H24ClFN4O3S. The monoisotopic (exact) mass is 502 g/mol. The van der Waals surface area contributed by atoms with Crippen LogP contribution in [-0.2, 0) is 11.3 Å². The molecule has 0 N–H and O–H groups in total. The summed E-state index contributed by atoms with van der Waals surface area (Å²) in [5, 5.41) is 0.531. The summed E-state index contributed by atoms with van der Waals surface area (Å²) in [4.78, 5) is 23.4. The highest BCUT2D eigenvalue weighted by Gasteiger charge is 2.18. The van der Waals surface area contributed by atoms with Gasteiger partial charge in [-0.25, -0.2) is 14.4 Å². The normalized spacial score (nSPS) is 10.9. The predicted molar refractivity (Wildman–Crippen MR) is 135 cm³/mol. The number of aromatic nitrogens is 3. The number of halogens is 2. The molecule has 7 nitrogen and oxygen atoms in total. The molecule has 0 spiro atoms. The van der Waals surface area contributed by atoms with E-state index in [4.69, 9.17) is 9.47 Å². The molecule has 0 aliphatic rings. The van der Waals surface area contributed by atoms with Crippen LogP contribution in [0.1, 0.15) is 12.0 Å². The van der Waals surface area contributed by atoms with Gasteiger partial charge in [-0.15, -0.1) is 12.4 Å². The molecule has 0 aliphatic carbocycles. The molecule has 2 aromatic heterocycles. The Labute approximate surface area is 206 Å². The molecule has 4 rings (SSSR count). The van der Waals surface area contributed by atoms with Crippen LogP contribution in [0.3, 0.4) is 0 Å². The van der Waals surface area contributed by atoms with E-state index in [9.17, 15) is 9.18 Å². The lowest BCUT2D eigenvalue weighted by atomic mass is 10.2. The lowest BCUT2D eigenvalue weighted by Gasteiger charge is -2.18. The zero-order chi connectivity index (χ0) is 23.2. The molecule has 0 atom stereocenters. The van der Waals surface area contributed by atoms with Gasteiger partial charge in [0.25, 0.3) is 5.91 Å². The smallest absolute Gasteiger partial charge is 0.252 e. The number of aryl methyl sites for hydroxylation is 1. The van der Waals surface area contributed by atoms with Crippen molar-refractivity contribution in [2.24, 2.45) is 0 Å². The second kappa shape index (κ2) is 11.6. The number of ether oxygens (including phenoxy) is 2. The summed E-state index contributed by atoms with van der Waals surface area (Å²) in [6.45, 7) is 1.16. The van der Waals surface area contributed by atoms with E-state index in [0.29, 0.717) is 46.4 Å². The van der Waals surface area contributed by atoms with Gasteiger partial charge in [-0.3, -0.25) is 9.69 Å². The standard InChI is InChI=1S/C24H23FN4O3S.ClH/c1-31-20-8-4-17(14-21(20)32-2)5-9-23(30)29(12-3-11-28-13-10-26-16-28)24-27-19-7-6-18(25)15-22(19)33-24;/h4-10,13-16H,3,11-12H2,1-2H3;1H/b9-5+;. The highest BCUT2D eigenvalue weighted by atomic mass is 35.5. The molecular weight excluding hydrogens is 479 g/mol. The zero-order valence-corrected chi connectivity index (χ0v) is 20.3. The fraction of sp³-hybridized carbons (Fsp3) is 0.208. The van der Waals surface area contributed by atoms with E-state index in [1.165, 1.54) is 29.5 Å². The topological polar surface area (TPSA) is 69.5 Å². The van der Waals surface area contributed by atoms with Crippen LogP contribution in [0.5, 0.6) is 11.5 Å².